The molecule has 1 fully saturated rings. The Kier molecular flexibility index (Phi) is 6.94. The highest BCUT2D eigenvalue weighted by Crippen LogP contribution is 2.35. The lowest BCUT2D eigenvalue weighted by atomic mass is 10.2. The molecule has 0 N–H and O–H groups in total. The molecule has 3 rings (SSSR count). The van der Waals surface area contributed by atoms with Crippen molar-refractivity contribution in [2.24, 2.45) is 0 Å². The fourth-order valence-electron chi connectivity index (χ4n) is 2.75. The van der Waals surface area contributed by atoms with E-state index in [1.54, 1.807) is 36.4 Å². The summed E-state index contributed by atoms with van der Waals surface area (Å²) < 4.78 is 24.2. The van der Waals surface area contributed by atoms with Crippen LogP contribution in [0.1, 0.15) is 18.1 Å². The lowest BCUT2D eigenvalue weighted by Crippen LogP contribution is -2.42. The predicted octanol–water partition coefficient (Wildman–Crippen LogP) is 4.77. The Labute approximate surface area is 185 Å². The summed E-state index contributed by atoms with van der Waals surface area (Å²) in [5.74, 6) is -1.00. The minimum Gasteiger partial charge on any atom is -0.488 e. The number of imide groups is 1. The van der Waals surface area contributed by atoms with Crippen molar-refractivity contribution in [1.29, 1.82) is 0 Å². The molecule has 1 aliphatic heterocycles. The second-order valence-corrected chi connectivity index (χ2v) is 8.21. The summed E-state index contributed by atoms with van der Waals surface area (Å²) in [5.41, 5.74) is 1.36. The van der Waals surface area contributed by atoms with Gasteiger partial charge in [-0.1, -0.05) is 18.2 Å². The number of methoxy groups -OCH3 is 1. The molecule has 1 heterocycles. The largest absolute Gasteiger partial charge is 0.488 e. The molecular weight excluding hydrogens is 477 g/mol. The first-order chi connectivity index (χ1) is 14.3. The summed E-state index contributed by atoms with van der Waals surface area (Å²) in [5, 5.41) is -0.529. The fourth-order valence-corrected chi connectivity index (χ4v) is 4.17. The fraction of sp³-hybridized carbons (Fsp3) is 0.190. The summed E-state index contributed by atoms with van der Waals surface area (Å²) in [4.78, 5) is 37.5. The highest BCUT2D eigenvalue weighted by molar-refractivity contribution is 9.10. The molecule has 2 aromatic carbocycles. The molecule has 0 saturated carbocycles. The van der Waals surface area contributed by atoms with Crippen LogP contribution in [0.15, 0.2) is 51.8 Å². The number of nitrogens with zero attached hydrogens (tertiary/aromatic N) is 1. The van der Waals surface area contributed by atoms with Crippen molar-refractivity contribution in [3.63, 3.8) is 0 Å². The van der Waals surface area contributed by atoms with Crippen molar-refractivity contribution in [3.05, 3.63) is 68.8 Å². The summed E-state index contributed by atoms with van der Waals surface area (Å²) in [6, 6.07) is 10.3. The van der Waals surface area contributed by atoms with Gasteiger partial charge in [-0.2, -0.15) is 0 Å². The van der Waals surface area contributed by atoms with Crippen LogP contribution in [0.4, 0.5) is 9.18 Å². The Morgan fingerprint density at radius 3 is 2.70 bits per heavy atom. The third-order valence-electron chi connectivity index (χ3n) is 4.29. The van der Waals surface area contributed by atoms with E-state index < -0.39 is 23.2 Å². The maximum absolute atomic E-state index is 13.3. The van der Waals surface area contributed by atoms with Crippen LogP contribution in [0.25, 0.3) is 6.08 Å². The molecule has 2 amide bonds. The van der Waals surface area contributed by atoms with E-state index in [2.05, 4.69) is 20.7 Å². The lowest BCUT2D eigenvalue weighted by molar-refractivity contribution is -0.148. The zero-order valence-electron chi connectivity index (χ0n) is 16.1. The third kappa shape index (κ3) is 4.91. The molecule has 30 heavy (non-hydrogen) atoms. The van der Waals surface area contributed by atoms with Crippen molar-refractivity contribution in [2.75, 3.05) is 7.11 Å². The van der Waals surface area contributed by atoms with Crippen molar-refractivity contribution >= 4 is 50.9 Å². The topological polar surface area (TPSA) is 72.9 Å². The van der Waals surface area contributed by atoms with Crippen LogP contribution in [0.5, 0.6) is 5.75 Å². The number of carbonyl (C=O) groups excluding carboxylic acids is 3. The van der Waals surface area contributed by atoms with E-state index in [1.807, 2.05) is 0 Å². The molecule has 6 nitrogen and oxygen atoms in total. The van der Waals surface area contributed by atoms with Gasteiger partial charge in [-0.3, -0.25) is 14.5 Å². The second-order valence-electron chi connectivity index (χ2n) is 6.36. The molecule has 0 radical (unpaired) electrons. The molecular formula is C21H17BrFNO5S. The van der Waals surface area contributed by atoms with Gasteiger partial charge in [0.2, 0.25) is 0 Å². The number of benzene rings is 2. The molecule has 0 unspecified atom stereocenters. The van der Waals surface area contributed by atoms with E-state index in [-0.39, 0.29) is 17.3 Å². The third-order valence-corrected chi connectivity index (χ3v) is 5.79. The van der Waals surface area contributed by atoms with Crippen LogP contribution in [0, 0.1) is 5.82 Å². The number of carbonyl (C=O) groups is 3. The first-order valence-corrected chi connectivity index (χ1v) is 10.4. The first-order valence-electron chi connectivity index (χ1n) is 8.82. The number of hydrogen-bond donors (Lipinski definition) is 0. The minimum atomic E-state index is -1.00. The predicted molar refractivity (Wildman–Crippen MR) is 114 cm³/mol. The van der Waals surface area contributed by atoms with Gasteiger partial charge in [0.15, 0.2) is 0 Å². The molecule has 0 spiro atoms. The Bertz CT molecular complexity index is 1040. The monoisotopic (exact) mass is 493 g/mol. The summed E-state index contributed by atoms with van der Waals surface area (Å²) >= 11 is 4.18. The van der Waals surface area contributed by atoms with Gasteiger partial charge in [0.1, 0.15) is 24.2 Å². The van der Waals surface area contributed by atoms with Crippen molar-refractivity contribution in [2.45, 2.75) is 19.6 Å². The molecule has 1 aliphatic rings. The van der Waals surface area contributed by atoms with Crippen LogP contribution < -0.4 is 4.74 Å². The molecule has 0 aliphatic carbocycles. The van der Waals surface area contributed by atoms with Gasteiger partial charge in [-0.05, 0) is 76.1 Å². The standard InChI is InChI=1S/C21H17BrFNO5S/c1-12(20(26)28-2)24-19(25)18(30-21(24)27)10-13-6-7-17(16(22)9-13)29-11-14-4-3-5-15(23)8-14/h3-10,12H,11H2,1-2H3/b18-10+/t12-/m1/s1. The highest BCUT2D eigenvalue weighted by atomic mass is 79.9. The van der Waals surface area contributed by atoms with E-state index in [9.17, 15) is 18.8 Å². The first kappa shape index (κ1) is 22.0. The van der Waals surface area contributed by atoms with Gasteiger partial charge in [0.05, 0.1) is 16.5 Å². The van der Waals surface area contributed by atoms with E-state index in [4.69, 9.17) is 4.74 Å². The van der Waals surface area contributed by atoms with Gasteiger partial charge in [-0.25, -0.2) is 9.18 Å². The zero-order valence-corrected chi connectivity index (χ0v) is 18.5. The van der Waals surface area contributed by atoms with E-state index >= 15 is 0 Å². The summed E-state index contributed by atoms with van der Waals surface area (Å²) in [6.45, 7) is 1.63. The molecule has 1 saturated heterocycles. The van der Waals surface area contributed by atoms with Crippen molar-refractivity contribution in [1.82, 2.24) is 4.90 Å². The number of halogens is 2. The van der Waals surface area contributed by atoms with E-state index in [0.29, 0.717) is 21.3 Å². The quantitative estimate of drug-likeness (QED) is 0.426. The lowest BCUT2D eigenvalue weighted by Gasteiger charge is -2.18. The number of thioether (sulfide) groups is 1. The number of rotatable bonds is 6. The van der Waals surface area contributed by atoms with Crippen LogP contribution in [0.2, 0.25) is 0 Å². The second kappa shape index (κ2) is 9.44. The van der Waals surface area contributed by atoms with Crippen LogP contribution in [0.3, 0.4) is 0 Å². The normalized spacial score (nSPS) is 16.1. The van der Waals surface area contributed by atoms with Crippen LogP contribution in [-0.2, 0) is 20.9 Å². The Morgan fingerprint density at radius 1 is 1.27 bits per heavy atom. The summed E-state index contributed by atoms with van der Waals surface area (Å²) in [6.07, 6.45) is 1.57. The molecule has 9 heteroatoms. The number of hydrogen-bond acceptors (Lipinski definition) is 6. The molecule has 1 atom stereocenters. The minimum absolute atomic E-state index is 0.194. The Morgan fingerprint density at radius 2 is 2.03 bits per heavy atom. The number of ether oxygens (including phenoxy) is 2. The highest BCUT2D eigenvalue weighted by Gasteiger charge is 2.41. The van der Waals surface area contributed by atoms with Crippen molar-refractivity contribution < 1.29 is 28.2 Å². The maximum atomic E-state index is 13.3. The van der Waals surface area contributed by atoms with Gasteiger partial charge < -0.3 is 9.47 Å². The molecule has 2 aromatic rings. The average Bonchev–Trinajstić information content (AvgIpc) is 2.99. The Balaban J connectivity index is 1.73. The summed E-state index contributed by atoms with van der Waals surface area (Å²) in [7, 11) is 1.20. The van der Waals surface area contributed by atoms with Gasteiger partial charge >= 0.3 is 5.97 Å². The zero-order chi connectivity index (χ0) is 21.8. The SMILES string of the molecule is COC(=O)[C@@H](C)N1C(=O)S/C(=C/c2ccc(OCc3cccc(F)c3)c(Br)c2)C1=O. The van der Waals surface area contributed by atoms with E-state index in [0.717, 1.165) is 16.7 Å². The van der Waals surface area contributed by atoms with Gasteiger partial charge in [0, 0.05) is 0 Å². The van der Waals surface area contributed by atoms with Crippen LogP contribution in [-0.4, -0.2) is 35.2 Å². The molecule has 0 aromatic heterocycles. The molecule has 0 bridgehead atoms. The van der Waals surface area contributed by atoms with Gasteiger partial charge in [-0.15, -0.1) is 0 Å². The van der Waals surface area contributed by atoms with Crippen molar-refractivity contribution in [3.8, 4) is 5.75 Å². The van der Waals surface area contributed by atoms with E-state index in [1.165, 1.54) is 26.2 Å². The maximum Gasteiger partial charge on any atom is 0.328 e. The molecule has 156 valence electrons. The number of esters is 1. The number of amides is 2. The smallest absolute Gasteiger partial charge is 0.328 e. The average molecular weight is 494 g/mol. The van der Waals surface area contributed by atoms with Gasteiger partial charge in [0.25, 0.3) is 11.1 Å². The Hall–Kier alpha value is -2.65. The van der Waals surface area contributed by atoms with Crippen LogP contribution >= 0.6 is 27.7 Å².